The maximum Gasteiger partial charge on any atom is 0.647 e. The molecule has 10 heteroatoms. The van der Waals surface area contributed by atoms with Gasteiger partial charge in [0.2, 0.25) is 5.76 Å². The molecule has 0 aromatic rings. The van der Waals surface area contributed by atoms with Crippen LogP contribution in [0, 0.1) is 28.6 Å². The molecule has 1 saturated heterocycles. The third-order valence-electron chi connectivity index (χ3n) is 8.97. The van der Waals surface area contributed by atoms with Crippen molar-refractivity contribution in [1.29, 1.82) is 0 Å². The first-order valence-electron chi connectivity index (χ1n) is 10.6. The second kappa shape index (κ2) is 5.50. The first kappa shape index (κ1) is 19.7. The highest BCUT2D eigenvalue weighted by Gasteiger charge is 2.72. The van der Waals surface area contributed by atoms with Gasteiger partial charge in [-0.15, -0.1) is 0 Å². The number of hydrogen-bond donors (Lipinski definition) is 2. The molecule has 4 aliphatic carbocycles. The molecule has 1 unspecified atom stereocenters. The molecule has 0 radical (unpaired) electrons. The molecule has 0 aromatic heterocycles. The summed E-state index contributed by atoms with van der Waals surface area (Å²) in [5.74, 6) is -2.22. The molecule has 6 rings (SSSR count). The number of fused-ring (bicyclic) bond motifs is 8. The molecule has 0 aromatic carbocycles. The fourth-order valence-corrected chi connectivity index (χ4v) is 8.98. The normalized spacial score (nSPS) is 49.2. The quantitative estimate of drug-likeness (QED) is 0.605. The maximum atomic E-state index is 13.7. The summed E-state index contributed by atoms with van der Waals surface area (Å²) in [6.07, 6.45) is 1.73. The van der Waals surface area contributed by atoms with Crippen LogP contribution in [0.1, 0.15) is 46.0 Å². The minimum atomic E-state index is -3.94. The van der Waals surface area contributed by atoms with Gasteiger partial charge < -0.3 is 23.8 Å². The van der Waals surface area contributed by atoms with Gasteiger partial charge in [0.05, 0.1) is 5.41 Å². The van der Waals surface area contributed by atoms with E-state index in [1.807, 2.05) is 6.92 Å². The topological polar surface area (TPSA) is 136 Å². The van der Waals surface area contributed by atoms with Crippen LogP contribution in [0.5, 0.6) is 0 Å². The fraction of sp³-hybridized carbons (Fsp3) is 0.667. The Morgan fingerprint density at radius 3 is 2.58 bits per heavy atom. The van der Waals surface area contributed by atoms with E-state index in [0.717, 1.165) is 0 Å². The Hall–Kier alpha value is -1.96. The molecular formula is C21H23O9P. The number of hydrogen-bond acceptors (Lipinski definition) is 9. The highest BCUT2D eigenvalue weighted by Crippen LogP contribution is 2.75. The van der Waals surface area contributed by atoms with Crippen LogP contribution in [-0.4, -0.2) is 39.8 Å². The molecule has 4 fully saturated rings. The van der Waals surface area contributed by atoms with E-state index in [2.05, 4.69) is 0 Å². The zero-order valence-electron chi connectivity index (χ0n) is 17.2. The Labute approximate surface area is 178 Å². The summed E-state index contributed by atoms with van der Waals surface area (Å²) >= 11 is 0. The lowest BCUT2D eigenvalue weighted by molar-refractivity contribution is -0.169. The van der Waals surface area contributed by atoms with Gasteiger partial charge in [-0.1, -0.05) is 6.92 Å². The molecule has 0 spiro atoms. The first-order chi connectivity index (χ1) is 14.5. The summed E-state index contributed by atoms with van der Waals surface area (Å²) in [7, 11) is -3.94. The number of phosphoric ester groups is 1. The minimum Gasteiger partial charge on any atom is -0.388 e. The van der Waals surface area contributed by atoms with Gasteiger partial charge >= 0.3 is 7.82 Å². The largest absolute Gasteiger partial charge is 0.647 e. The predicted molar refractivity (Wildman–Crippen MR) is 102 cm³/mol. The van der Waals surface area contributed by atoms with Crippen molar-refractivity contribution in [1.82, 2.24) is 0 Å². The van der Waals surface area contributed by atoms with Crippen molar-refractivity contribution in [2.45, 2.75) is 51.6 Å². The van der Waals surface area contributed by atoms with E-state index in [4.69, 9.17) is 13.6 Å². The van der Waals surface area contributed by atoms with Gasteiger partial charge in [0, 0.05) is 17.8 Å². The van der Waals surface area contributed by atoms with Gasteiger partial charge in [0.15, 0.2) is 17.3 Å². The van der Waals surface area contributed by atoms with E-state index in [1.165, 1.54) is 0 Å². The van der Waals surface area contributed by atoms with Crippen LogP contribution in [0.25, 0.3) is 0 Å². The molecule has 0 amide bonds. The number of aliphatic hydroxyl groups excluding tert-OH is 1. The fourth-order valence-electron chi connectivity index (χ4n) is 7.56. The molecule has 6 aliphatic rings. The highest BCUT2D eigenvalue weighted by atomic mass is 31.2. The van der Waals surface area contributed by atoms with E-state index < -0.39 is 48.3 Å². The Kier molecular flexibility index (Phi) is 3.50. The highest BCUT2D eigenvalue weighted by molar-refractivity contribution is 7.49. The van der Waals surface area contributed by atoms with E-state index >= 15 is 0 Å². The van der Waals surface area contributed by atoms with Gasteiger partial charge in [0.25, 0.3) is 5.78 Å². The van der Waals surface area contributed by atoms with Crippen LogP contribution in [0.3, 0.4) is 0 Å². The third-order valence-corrected chi connectivity index (χ3v) is 10.2. The second-order valence-corrected chi connectivity index (χ2v) is 11.5. The van der Waals surface area contributed by atoms with E-state index in [1.54, 1.807) is 6.92 Å². The minimum absolute atomic E-state index is 0.0219. The Morgan fingerprint density at radius 1 is 1.16 bits per heavy atom. The lowest BCUT2D eigenvalue weighted by Crippen LogP contribution is -2.61. The third kappa shape index (κ3) is 1.98. The summed E-state index contributed by atoms with van der Waals surface area (Å²) in [4.78, 5) is 38.9. The zero-order chi connectivity index (χ0) is 22.1. The lowest BCUT2D eigenvalue weighted by Gasteiger charge is -2.56. The lowest BCUT2D eigenvalue weighted by atomic mass is 9.46. The summed E-state index contributed by atoms with van der Waals surface area (Å²) < 4.78 is 28.9. The van der Waals surface area contributed by atoms with Gasteiger partial charge in [0.1, 0.15) is 18.0 Å². The van der Waals surface area contributed by atoms with Crippen LogP contribution in [0.15, 0.2) is 22.9 Å². The Morgan fingerprint density at radius 2 is 1.87 bits per heavy atom. The average Bonchev–Trinajstić information content (AvgIpc) is 3.14. The number of Topliss-reactive ketones (excluding diaryl/α,β-unsaturated/α-hetero) is 3. The van der Waals surface area contributed by atoms with E-state index in [-0.39, 0.29) is 47.7 Å². The van der Waals surface area contributed by atoms with Crippen molar-refractivity contribution in [3.8, 4) is 0 Å². The number of rotatable bonds is 2. The maximum absolute atomic E-state index is 13.7. The molecule has 2 heterocycles. The summed E-state index contributed by atoms with van der Waals surface area (Å²) in [6, 6.07) is 0. The molecule has 2 aliphatic heterocycles. The first-order valence-corrected chi connectivity index (χ1v) is 12.1. The van der Waals surface area contributed by atoms with Crippen molar-refractivity contribution in [2.75, 3.05) is 6.61 Å². The Bertz CT molecular complexity index is 1100. The average molecular weight is 450 g/mol. The number of ketones is 3. The molecule has 2 N–H and O–H groups in total. The number of phosphoric acid groups is 1. The van der Waals surface area contributed by atoms with Gasteiger partial charge in [-0.3, -0.25) is 14.4 Å². The molecule has 166 valence electrons. The SMILES string of the molecule is C[C@@]12C(=C3OP4(=O)OC(=C1O4)C3=O)CC[C@@H]1[C@@H]2C(=O)C[C@@]2(C)[C@H]1CC[C@]2(O)C(=O)CO. The van der Waals surface area contributed by atoms with Crippen molar-refractivity contribution in [2.24, 2.45) is 28.6 Å². The van der Waals surface area contributed by atoms with Crippen molar-refractivity contribution >= 4 is 25.2 Å². The summed E-state index contributed by atoms with van der Waals surface area (Å²) in [6.45, 7) is 2.81. The van der Waals surface area contributed by atoms with E-state index in [9.17, 15) is 29.2 Å². The van der Waals surface area contributed by atoms with Crippen LogP contribution >= 0.6 is 7.82 Å². The van der Waals surface area contributed by atoms with Crippen molar-refractivity contribution in [3.05, 3.63) is 22.9 Å². The second-order valence-electron chi connectivity index (χ2n) is 10.0. The number of carbonyl (C=O) groups is 3. The van der Waals surface area contributed by atoms with Crippen LogP contribution in [-0.2, 0) is 32.5 Å². The molecular weight excluding hydrogens is 427 g/mol. The monoisotopic (exact) mass is 450 g/mol. The van der Waals surface area contributed by atoms with Crippen LogP contribution in [0.2, 0.25) is 0 Å². The smallest absolute Gasteiger partial charge is 0.388 e. The standard InChI is InChI=1S/C21H23O9P/c1-19-7-12(23)14-9(10(19)5-6-21(19,26)13(24)8-22)3-4-11-16-15(25)17-18(20(11,14)2)30-31(27,28-16)29-17/h9-10,14,22,26H,3-8H2,1-2H3/t9-,10-,14+,19-,20-,21-,31?/m0/s1. The van der Waals surface area contributed by atoms with Crippen molar-refractivity contribution < 1.29 is 42.7 Å². The number of allylic oxidation sites excluding steroid dienone is 1. The Balaban J connectivity index is 1.49. The number of aliphatic hydroxyl groups is 2. The molecule has 3 saturated carbocycles. The van der Waals surface area contributed by atoms with Crippen LogP contribution < -0.4 is 0 Å². The van der Waals surface area contributed by atoms with Crippen LogP contribution in [0.4, 0.5) is 0 Å². The van der Waals surface area contributed by atoms with Gasteiger partial charge in [-0.05, 0) is 50.0 Å². The zero-order valence-corrected chi connectivity index (χ0v) is 18.1. The number of carbonyl (C=O) groups excluding carboxylic acids is 3. The molecule has 7 atom stereocenters. The molecule has 31 heavy (non-hydrogen) atoms. The summed E-state index contributed by atoms with van der Waals surface area (Å²) in [5, 5.41) is 20.7. The predicted octanol–water partition coefficient (Wildman–Crippen LogP) is 1.93. The summed E-state index contributed by atoms with van der Waals surface area (Å²) in [5.41, 5.74) is -3.13. The molecule has 3 bridgehead atoms. The van der Waals surface area contributed by atoms with Gasteiger partial charge in [-0.2, -0.15) is 4.57 Å². The van der Waals surface area contributed by atoms with E-state index in [0.29, 0.717) is 24.8 Å². The van der Waals surface area contributed by atoms with Crippen molar-refractivity contribution in [3.63, 3.8) is 0 Å². The molecule has 9 nitrogen and oxygen atoms in total. The van der Waals surface area contributed by atoms with Gasteiger partial charge in [-0.25, -0.2) is 0 Å².